The summed E-state index contributed by atoms with van der Waals surface area (Å²) >= 11 is 0. The molecule has 6 aromatic heterocycles. The molecule has 0 spiro atoms. The highest BCUT2D eigenvalue weighted by Gasteiger charge is 2.66. The largest absolute Gasteiger partial charge is 0.479 e. The summed E-state index contributed by atoms with van der Waals surface area (Å²) in [5.41, 5.74) is 2.36. The third-order valence-corrected chi connectivity index (χ3v) is 9.19. The van der Waals surface area contributed by atoms with E-state index in [2.05, 4.69) is 45.9 Å². The Kier molecular flexibility index (Phi) is 11.1. The number of nitrogen functional groups attached to an aromatic ring is 1. The number of hydrogen-bond acceptors (Lipinski definition) is 13. The average molecular weight is 833 g/mol. The Bertz CT molecular complexity index is 2460. The number of rotatable bonds is 9. The number of carbonyl (C=O) groups is 2. The number of aromatic nitrogens is 12. The summed E-state index contributed by atoms with van der Waals surface area (Å²) in [6.07, 6.45) is -3.75. The number of anilines is 2. The number of nitrogens with two attached hydrogens (primary N) is 1. The topological polar surface area (TPSA) is 234 Å². The van der Waals surface area contributed by atoms with Gasteiger partial charge in [0.2, 0.25) is 11.8 Å². The van der Waals surface area contributed by atoms with Gasteiger partial charge in [-0.25, -0.2) is 14.8 Å². The highest BCUT2D eigenvalue weighted by atomic mass is 19.4. The van der Waals surface area contributed by atoms with Gasteiger partial charge in [0.1, 0.15) is 57.9 Å². The highest BCUT2D eigenvalue weighted by Crippen LogP contribution is 2.57. The molecular weight excluding hydrogens is 798 g/mol. The second kappa shape index (κ2) is 15.7. The molecule has 0 bridgehead atoms. The molecule has 2 fully saturated rings. The maximum absolute atomic E-state index is 13.5. The number of carboxylic acids is 1. The zero-order chi connectivity index (χ0) is 42.9. The number of pyridine rings is 2. The number of carbonyl (C=O) groups excluding carboxylic acids is 1. The second-order valence-corrected chi connectivity index (χ2v) is 13.2. The molecule has 0 aliphatic heterocycles. The highest BCUT2D eigenvalue weighted by molar-refractivity contribution is 6.05. The number of methoxy groups -OCH3 is 2. The molecule has 25 heteroatoms. The second-order valence-electron chi connectivity index (χ2n) is 13.2. The first-order chi connectivity index (χ1) is 27.8. The van der Waals surface area contributed by atoms with Crippen molar-refractivity contribution < 1.29 is 50.5 Å². The van der Waals surface area contributed by atoms with Crippen molar-refractivity contribution in [2.45, 2.75) is 49.1 Å². The third-order valence-electron chi connectivity index (χ3n) is 9.19. The molecule has 59 heavy (non-hydrogen) atoms. The molecule has 19 nitrogen and oxygen atoms in total. The normalized spacial score (nSPS) is 14.9. The molecule has 1 amide bonds. The van der Waals surface area contributed by atoms with E-state index in [9.17, 15) is 35.9 Å². The fourth-order valence-corrected chi connectivity index (χ4v) is 5.93. The molecule has 0 atom stereocenters. The Labute approximate surface area is 328 Å². The predicted octanol–water partition coefficient (Wildman–Crippen LogP) is 4.49. The van der Waals surface area contributed by atoms with Crippen molar-refractivity contribution in [3.05, 3.63) is 72.6 Å². The number of alkyl halides is 6. The van der Waals surface area contributed by atoms with Gasteiger partial charge in [0.25, 0.3) is 5.91 Å². The van der Waals surface area contributed by atoms with Crippen molar-refractivity contribution >= 4 is 23.5 Å². The van der Waals surface area contributed by atoms with E-state index in [4.69, 9.17) is 20.3 Å². The first-order valence-corrected chi connectivity index (χ1v) is 17.2. The fraction of sp³-hybridized carbons (Fsp3) is 0.353. The van der Waals surface area contributed by atoms with Crippen molar-refractivity contribution in [3.8, 4) is 34.8 Å². The number of halogens is 6. The molecule has 2 aliphatic carbocycles. The molecule has 6 aromatic rings. The van der Waals surface area contributed by atoms with Gasteiger partial charge in [0, 0.05) is 26.5 Å². The van der Waals surface area contributed by atoms with E-state index < -0.39 is 35.3 Å². The van der Waals surface area contributed by atoms with E-state index in [1.54, 1.807) is 38.4 Å². The summed E-state index contributed by atoms with van der Waals surface area (Å²) in [6, 6.07) is 9.31. The summed E-state index contributed by atoms with van der Waals surface area (Å²) in [6.45, 7) is 0. The minimum atomic E-state index is -4.42. The van der Waals surface area contributed by atoms with Crippen LogP contribution >= 0.6 is 0 Å². The molecule has 312 valence electrons. The van der Waals surface area contributed by atoms with Crippen LogP contribution in [-0.2, 0) is 25.2 Å². The van der Waals surface area contributed by atoms with Gasteiger partial charge < -0.3 is 25.6 Å². The molecule has 4 N–H and O–H groups in total. The number of hydrogen-bond donors (Lipinski definition) is 3. The number of ether oxygens (including phenoxy) is 2. The number of nitrogens with one attached hydrogen (secondary N) is 1. The lowest BCUT2D eigenvalue weighted by Crippen LogP contribution is -2.35. The summed E-state index contributed by atoms with van der Waals surface area (Å²) in [7, 11) is 6.04. The monoisotopic (exact) mass is 832 g/mol. The summed E-state index contributed by atoms with van der Waals surface area (Å²) < 4.78 is 94.5. The number of amides is 1. The van der Waals surface area contributed by atoms with Crippen LogP contribution in [0.25, 0.3) is 23.0 Å². The van der Waals surface area contributed by atoms with E-state index in [-0.39, 0.29) is 83.2 Å². The van der Waals surface area contributed by atoms with Gasteiger partial charge in [-0.15, -0.1) is 30.6 Å². The van der Waals surface area contributed by atoms with Gasteiger partial charge in [0.15, 0.2) is 11.6 Å². The Balaban J connectivity index is 0.000000166. The molecule has 6 heterocycles. The van der Waals surface area contributed by atoms with Crippen LogP contribution in [0, 0.1) is 0 Å². The number of aromatic carboxylic acids is 1. The first kappa shape index (κ1) is 41.6. The van der Waals surface area contributed by atoms with Crippen molar-refractivity contribution in [3.63, 3.8) is 0 Å². The van der Waals surface area contributed by atoms with Crippen LogP contribution in [0.4, 0.5) is 38.0 Å². The van der Waals surface area contributed by atoms with Crippen LogP contribution in [0.2, 0.25) is 0 Å². The van der Waals surface area contributed by atoms with Crippen LogP contribution < -0.4 is 20.5 Å². The fourth-order valence-electron chi connectivity index (χ4n) is 5.93. The van der Waals surface area contributed by atoms with E-state index >= 15 is 0 Å². The molecule has 8 rings (SSSR count). The lowest BCUT2D eigenvalue weighted by atomic mass is 10.2. The average Bonchev–Trinajstić information content (AvgIpc) is 3.92. The third kappa shape index (κ3) is 8.33. The lowest BCUT2D eigenvalue weighted by Gasteiger charge is -2.21. The lowest BCUT2D eigenvalue weighted by molar-refractivity contribution is -0.180. The molecule has 2 saturated carbocycles. The van der Waals surface area contributed by atoms with E-state index in [0.29, 0.717) is 0 Å². The first-order valence-electron chi connectivity index (χ1n) is 17.2. The Morgan fingerprint density at radius 3 is 1.63 bits per heavy atom. The van der Waals surface area contributed by atoms with E-state index in [1.807, 2.05) is 0 Å². The van der Waals surface area contributed by atoms with Gasteiger partial charge in [-0.05, 0) is 49.9 Å². The molecular formula is C34H34F6N14O5. The zero-order valence-electron chi connectivity index (χ0n) is 31.4. The van der Waals surface area contributed by atoms with Gasteiger partial charge in [0.05, 0.1) is 14.2 Å². The minimum absolute atomic E-state index is 0.0186. The number of nitrogens with zero attached hydrogens (tertiary/aromatic N) is 12. The van der Waals surface area contributed by atoms with Crippen molar-refractivity contribution in [2.75, 3.05) is 25.3 Å². The Morgan fingerprint density at radius 1 is 0.746 bits per heavy atom. The molecule has 0 aromatic carbocycles. The van der Waals surface area contributed by atoms with Crippen molar-refractivity contribution in [2.24, 2.45) is 14.1 Å². The maximum atomic E-state index is 13.5. The zero-order valence-corrected chi connectivity index (χ0v) is 31.4. The van der Waals surface area contributed by atoms with Crippen LogP contribution in [-0.4, -0.2) is 103 Å². The Morgan fingerprint density at radius 2 is 1.20 bits per heavy atom. The number of carboxylic acid groups (broad SMARTS) is 1. The van der Waals surface area contributed by atoms with Crippen molar-refractivity contribution in [1.82, 2.24) is 59.1 Å². The summed E-state index contributed by atoms with van der Waals surface area (Å²) in [4.78, 5) is 31.2. The molecule has 0 radical (unpaired) electrons. The number of aryl methyl sites for hydroxylation is 2. The van der Waals surface area contributed by atoms with E-state index in [0.717, 1.165) is 21.8 Å². The van der Waals surface area contributed by atoms with Crippen LogP contribution in [0.3, 0.4) is 0 Å². The van der Waals surface area contributed by atoms with Gasteiger partial charge in [-0.3, -0.25) is 23.3 Å². The van der Waals surface area contributed by atoms with Gasteiger partial charge in [-0.2, -0.15) is 26.3 Å². The maximum Gasteiger partial charge on any atom is 0.412 e. The Hall–Kier alpha value is -7.08. The minimum Gasteiger partial charge on any atom is -0.479 e. The molecule has 0 saturated heterocycles. The quantitative estimate of drug-likeness (QED) is 0.171. The van der Waals surface area contributed by atoms with Gasteiger partial charge in [-0.1, -0.05) is 12.1 Å². The van der Waals surface area contributed by atoms with Crippen LogP contribution in [0.15, 0.2) is 61.4 Å². The van der Waals surface area contributed by atoms with Crippen LogP contribution in [0.1, 0.15) is 46.4 Å². The van der Waals surface area contributed by atoms with Gasteiger partial charge >= 0.3 is 18.3 Å². The summed E-state index contributed by atoms with van der Waals surface area (Å²) in [5.74, 6) is -0.836. The standard InChI is InChI=1S/C17H16F3N7O2.C11H10F3N5.C6H8N2O3/c1-26-8-10(15(25-26)29-2)14(28)23-12-5-3-4-11(22-12)13-24-21-9-27(13)16(6-7-16)17(18,19)20;12-11(13,14)10(4-5-10)19-6-16-18-9(19)7-2-1-3-8(15)17-7;1-8-3-4(6(9)10)5(7-8)11-2/h3-5,8-9H,6-7H2,1-2H3,(H,22,23,28);1-3,6H,4-5H2,(H2,15,17);3H,1-2H3,(H,9,10). The van der Waals surface area contributed by atoms with Crippen LogP contribution in [0.5, 0.6) is 11.8 Å². The van der Waals surface area contributed by atoms with Crippen molar-refractivity contribution in [1.29, 1.82) is 0 Å². The van der Waals surface area contributed by atoms with E-state index in [1.165, 1.54) is 48.1 Å². The smallest absolute Gasteiger partial charge is 0.412 e. The molecule has 2 aliphatic rings. The molecule has 0 unspecified atom stereocenters. The summed E-state index contributed by atoms with van der Waals surface area (Å²) in [5, 5.41) is 33.7. The SMILES string of the molecule is COc1nn(C)cc1C(=O)Nc1cccc(-c2nncn2C2(C(F)(F)F)CC2)n1.COc1nn(C)cc1C(=O)O.Nc1cccc(-c2nncn2C2(C(F)(F)F)CC2)n1. The predicted molar refractivity (Wildman–Crippen MR) is 192 cm³/mol.